The summed E-state index contributed by atoms with van der Waals surface area (Å²) in [6, 6.07) is 7.76. The fourth-order valence-corrected chi connectivity index (χ4v) is 2.64. The van der Waals surface area contributed by atoms with E-state index in [9.17, 15) is 9.90 Å². The molecule has 0 radical (unpaired) electrons. The van der Waals surface area contributed by atoms with Gasteiger partial charge in [0, 0.05) is 12.6 Å². The van der Waals surface area contributed by atoms with Gasteiger partial charge in [-0.05, 0) is 37.8 Å². The molecule has 19 heavy (non-hydrogen) atoms. The number of aliphatic hydroxyl groups excluding tert-OH is 1. The molecule has 1 aromatic carbocycles. The minimum absolute atomic E-state index is 0.0136. The summed E-state index contributed by atoms with van der Waals surface area (Å²) in [5.41, 5.74) is 2.31. The van der Waals surface area contributed by atoms with E-state index in [2.05, 4.69) is 16.7 Å². The van der Waals surface area contributed by atoms with Gasteiger partial charge >= 0.3 is 0 Å². The first-order valence-corrected chi connectivity index (χ1v) is 6.87. The number of rotatable bonds is 4. The molecule has 0 spiro atoms. The van der Waals surface area contributed by atoms with E-state index < -0.39 is 6.10 Å². The molecular weight excluding hydrogens is 240 g/mol. The lowest BCUT2D eigenvalue weighted by Gasteiger charge is -2.27. The van der Waals surface area contributed by atoms with E-state index in [1.807, 2.05) is 25.1 Å². The minimum Gasteiger partial charge on any atom is -0.393 e. The van der Waals surface area contributed by atoms with Crippen molar-refractivity contribution in [1.82, 2.24) is 10.6 Å². The molecule has 0 aliphatic carbocycles. The van der Waals surface area contributed by atoms with Crippen LogP contribution in [0.3, 0.4) is 0 Å². The first-order valence-electron chi connectivity index (χ1n) is 6.87. The lowest BCUT2D eigenvalue weighted by molar-refractivity contribution is -0.124. The zero-order valence-corrected chi connectivity index (χ0v) is 11.5. The van der Waals surface area contributed by atoms with Crippen molar-refractivity contribution in [3.63, 3.8) is 0 Å². The summed E-state index contributed by atoms with van der Waals surface area (Å²) < 4.78 is 0. The number of aliphatic hydroxyl groups is 1. The number of benzene rings is 1. The van der Waals surface area contributed by atoms with Crippen LogP contribution in [0, 0.1) is 0 Å². The molecule has 1 aliphatic rings. The largest absolute Gasteiger partial charge is 0.393 e. The highest BCUT2D eigenvalue weighted by Crippen LogP contribution is 2.22. The van der Waals surface area contributed by atoms with Gasteiger partial charge in [0.25, 0.3) is 0 Å². The van der Waals surface area contributed by atoms with Gasteiger partial charge in [0.15, 0.2) is 0 Å². The first-order chi connectivity index (χ1) is 9.08. The van der Waals surface area contributed by atoms with Crippen molar-refractivity contribution in [1.29, 1.82) is 0 Å². The summed E-state index contributed by atoms with van der Waals surface area (Å²) in [5, 5.41) is 15.6. The number of carbonyl (C=O) groups excluding carboxylic acids is 1. The van der Waals surface area contributed by atoms with Crippen LogP contribution < -0.4 is 10.6 Å². The number of nitrogens with one attached hydrogen (secondary N) is 2. The van der Waals surface area contributed by atoms with Gasteiger partial charge in [-0.2, -0.15) is 0 Å². The Morgan fingerprint density at radius 1 is 1.47 bits per heavy atom. The lowest BCUT2D eigenvalue weighted by Crippen LogP contribution is -2.45. The van der Waals surface area contributed by atoms with Crippen LogP contribution in [-0.2, 0) is 11.2 Å². The summed E-state index contributed by atoms with van der Waals surface area (Å²) in [6.45, 7) is 4.47. The molecule has 1 heterocycles. The zero-order valence-electron chi connectivity index (χ0n) is 11.5. The second-order valence-corrected chi connectivity index (χ2v) is 5.33. The minimum atomic E-state index is -0.401. The van der Waals surface area contributed by atoms with Gasteiger partial charge in [0.05, 0.1) is 6.10 Å². The van der Waals surface area contributed by atoms with E-state index in [0.717, 1.165) is 18.5 Å². The molecule has 4 heteroatoms. The van der Waals surface area contributed by atoms with E-state index in [1.54, 1.807) is 6.92 Å². The average Bonchev–Trinajstić information content (AvgIpc) is 2.36. The fraction of sp³-hybridized carbons (Fsp3) is 0.533. The maximum Gasteiger partial charge on any atom is 0.241 e. The van der Waals surface area contributed by atoms with Gasteiger partial charge in [0.2, 0.25) is 5.91 Å². The predicted octanol–water partition coefficient (Wildman–Crippen LogP) is 1.15. The highest BCUT2D eigenvalue weighted by Gasteiger charge is 2.26. The molecule has 0 fully saturated rings. The van der Waals surface area contributed by atoms with Crippen molar-refractivity contribution < 1.29 is 9.90 Å². The second-order valence-electron chi connectivity index (χ2n) is 5.33. The Morgan fingerprint density at radius 2 is 2.21 bits per heavy atom. The van der Waals surface area contributed by atoms with Crippen molar-refractivity contribution in [2.75, 3.05) is 6.54 Å². The molecule has 104 valence electrons. The maximum atomic E-state index is 12.3. The Balaban J connectivity index is 2.04. The number of carbonyl (C=O) groups is 1. The third kappa shape index (κ3) is 3.55. The van der Waals surface area contributed by atoms with Gasteiger partial charge in [-0.1, -0.05) is 24.3 Å². The van der Waals surface area contributed by atoms with Gasteiger partial charge in [-0.15, -0.1) is 0 Å². The van der Waals surface area contributed by atoms with Crippen molar-refractivity contribution in [3.8, 4) is 0 Å². The topological polar surface area (TPSA) is 61.4 Å². The number of amides is 1. The molecule has 1 aliphatic heterocycles. The molecule has 3 atom stereocenters. The van der Waals surface area contributed by atoms with Crippen LogP contribution in [-0.4, -0.2) is 29.7 Å². The Labute approximate surface area is 114 Å². The third-order valence-electron chi connectivity index (χ3n) is 3.45. The van der Waals surface area contributed by atoms with Crippen molar-refractivity contribution in [2.24, 2.45) is 0 Å². The number of hydrogen-bond donors (Lipinski definition) is 3. The molecule has 1 aromatic rings. The Kier molecular flexibility index (Phi) is 4.56. The monoisotopic (exact) mass is 262 g/mol. The maximum absolute atomic E-state index is 12.3. The Bertz CT molecular complexity index is 446. The van der Waals surface area contributed by atoms with E-state index in [1.165, 1.54) is 5.56 Å². The van der Waals surface area contributed by atoms with E-state index in [-0.39, 0.29) is 18.0 Å². The second kappa shape index (κ2) is 6.17. The molecule has 4 nitrogen and oxygen atoms in total. The number of fused-ring (bicyclic) bond motifs is 1. The molecular formula is C15H22N2O2. The Hall–Kier alpha value is -1.39. The summed E-state index contributed by atoms with van der Waals surface area (Å²) in [6.07, 6.45) is 1.13. The molecule has 3 N–H and O–H groups in total. The molecule has 0 saturated heterocycles. The normalized spacial score (nSPS) is 21.3. The van der Waals surface area contributed by atoms with Crippen molar-refractivity contribution in [3.05, 3.63) is 35.4 Å². The SMILES string of the molecule is CC(O)CC(C)NC(=O)C1NCCc2ccccc21. The fourth-order valence-electron chi connectivity index (χ4n) is 2.64. The summed E-state index contributed by atoms with van der Waals surface area (Å²) in [7, 11) is 0. The third-order valence-corrected chi connectivity index (χ3v) is 3.45. The van der Waals surface area contributed by atoms with E-state index in [4.69, 9.17) is 0 Å². The van der Waals surface area contributed by atoms with Gasteiger partial charge in [-0.25, -0.2) is 0 Å². The molecule has 3 unspecified atom stereocenters. The van der Waals surface area contributed by atoms with Crippen LogP contribution >= 0.6 is 0 Å². The summed E-state index contributed by atoms with van der Waals surface area (Å²) in [5.74, 6) is -0.0136. The van der Waals surface area contributed by atoms with Crippen LogP contribution in [0.15, 0.2) is 24.3 Å². The van der Waals surface area contributed by atoms with Crippen molar-refractivity contribution >= 4 is 5.91 Å². The van der Waals surface area contributed by atoms with E-state index in [0.29, 0.717) is 6.42 Å². The quantitative estimate of drug-likeness (QED) is 0.763. The predicted molar refractivity (Wildman–Crippen MR) is 74.8 cm³/mol. The first kappa shape index (κ1) is 14.0. The summed E-state index contributed by atoms with van der Waals surface area (Å²) >= 11 is 0. The highest BCUT2D eigenvalue weighted by atomic mass is 16.3. The van der Waals surface area contributed by atoms with Gasteiger partial charge in [-0.3, -0.25) is 4.79 Å². The molecule has 1 amide bonds. The van der Waals surface area contributed by atoms with Crippen LogP contribution in [0.4, 0.5) is 0 Å². The van der Waals surface area contributed by atoms with Crippen molar-refractivity contribution in [2.45, 2.75) is 44.9 Å². The summed E-state index contributed by atoms with van der Waals surface area (Å²) in [4.78, 5) is 12.3. The zero-order chi connectivity index (χ0) is 13.8. The Morgan fingerprint density at radius 3 is 2.95 bits per heavy atom. The average molecular weight is 262 g/mol. The number of hydrogen-bond acceptors (Lipinski definition) is 3. The lowest BCUT2D eigenvalue weighted by atomic mass is 9.93. The van der Waals surface area contributed by atoms with Gasteiger partial charge in [0.1, 0.15) is 6.04 Å². The molecule has 0 saturated carbocycles. The molecule has 2 rings (SSSR count). The van der Waals surface area contributed by atoms with Crippen LogP contribution in [0.2, 0.25) is 0 Å². The molecule has 0 bridgehead atoms. The van der Waals surface area contributed by atoms with Gasteiger partial charge < -0.3 is 15.7 Å². The standard InChI is InChI=1S/C15H22N2O2/c1-10(9-11(2)18)17-15(19)14-13-6-4-3-5-12(13)7-8-16-14/h3-6,10-11,14,16,18H,7-9H2,1-2H3,(H,17,19). The highest BCUT2D eigenvalue weighted by molar-refractivity contribution is 5.84. The molecule has 0 aromatic heterocycles. The van der Waals surface area contributed by atoms with Crippen LogP contribution in [0.25, 0.3) is 0 Å². The van der Waals surface area contributed by atoms with Crippen LogP contribution in [0.1, 0.15) is 37.4 Å². The van der Waals surface area contributed by atoms with E-state index >= 15 is 0 Å². The smallest absolute Gasteiger partial charge is 0.241 e. The van der Waals surface area contributed by atoms with Crippen LogP contribution in [0.5, 0.6) is 0 Å².